The van der Waals surface area contributed by atoms with Gasteiger partial charge in [0.15, 0.2) is 0 Å². The van der Waals surface area contributed by atoms with Gasteiger partial charge in [0.1, 0.15) is 0 Å². The Morgan fingerprint density at radius 1 is 0.944 bits per heavy atom. The quantitative estimate of drug-likeness (QED) is 0.463. The summed E-state index contributed by atoms with van der Waals surface area (Å²) in [6, 6.07) is 14.3. The third-order valence-corrected chi connectivity index (χ3v) is 4.63. The Morgan fingerprint density at radius 2 is 1.61 bits per heavy atom. The highest BCUT2D eigenvalue weighted by Crippen LogP contribution is 2.31. The van der Waals surface area contributed by atoms with E-state index in [2.05, 4.69) is 78.1 Å². The number of alkyl halides is 1. The molecule has 0 spiro atoms. The Hall–Kier alpha value is 0.170. The van der Waals surface area contributed by atoms with Gasteiger partial charge in [0.25, 0.3) is 0 Å². The van der Waals surface area contributed by atoms with Gasteiger partial charge >= 0.3 is 0 Å². The second-order valence-corrected chi connectivity index (χ2v) is 7.37. The van der Waals surface area contributed by atoms with Gasteiger partial charge in [-0.05, 0) is 47.9 Å². The lowest BCUT2D eigenvalue weighted by Gasteiger charge is -2.11. The largest absolute Gasteiger partial charge is 0.0843 e. The van der Waals surface area contributed by atoms with Gasteiger partial charge in [0.2, 0.25) is 0 Å². The van der Waals surface area contributed by atoms with Crippen LogP contribution in [-0.2, 0) is 6.42 Å². The van der Waals surface area contributed by atoms with Gasteiger partial charge < -0.3 is 0 Å². The molecule has 2 aromatic rings. The molecule has 2 aromatic carbocycles. The zero-order valence-electron chi connectivity index (χ0n) is 9.34. The van der Waals surface area contributed by atoms with E-state index in [0.717, 1.165) is 20.4 Å². The first kappa shape index (κ1) is 14.6. The number of hydrogen-bond acceptors (Lipinski definition) is 0. The summed E-state index contributed by atoms with van der Waals surface area (Å²) >= 11 is 16.7. The Bertz CT molecular complexity index is 517. The first-order chi connectivity index (χ1) is 8.54. The van der Waals surface area contributed by atoms with Gasteiger partial charge in [-0.2, -0.15) is 0 Å². The normalized spacial score (nSPS) is 12.4. The van der Waals surface area contributed by atoms with E-state index in [0.29, 0.717) is 0 Å². The van der Waals surface area contributed by atoms with Crippen LogP contribution >= 0.6 is 59.4 Å². The van der Waals surface area contributed by atoms with Crippen molar-refractivity contribution in [3.63, 3.8) is 0 Å². The highest BCUT2D eigenvalue weighted by Gasteiger charge is 2.10. The van der Waals surface area contributed by atoms with Crippen LogP contribution in [0.4, 0.5) is 0 Å². The van der Waals surface area contributed by atoms with Gasteiger partial charge in [-0.1, -0.05) is 71.5 Å². The van der Waals surface area contributed by atoms with Gasteiger partial charge in [-0.3, -0.25) is 0 Å². The van der Waals surface area contributed by atoms with Crippen molar-refractivity contribution in [2.24, 2.45) is 0 Å². The minimum atomic E-state index is 0.258. The maximum Gasteiger partial charge on any atom is 0.0436 e. The first-order valence-electron chi connectivity index (χ1n) is 5.39. The molecule has 0 radical (unpaired) electrons. The molecule has 1 atom stereocenters. The Labute approximate surface area is 137 Å². The topological polar surface area (TPSA) is 0 Å². The predicted molar refractivity (Wildman–Crippen MR) is 88.7 cm³/mol. The van der Waals surface area contributed by atoms with E-state index in [-0.39, 0.29) is 4.83 Å². The van der Waals surface area contributed by atoms with Crippen LogP contribution in [0.1, 0.15) is 16.0 Å². The van der Waals surface area contributed by atoms with Crippen molar-refractivity contribution in [1.82, 2.24) is 0 Å². The third kappa shape index (κ3) is 4.09. The van der Waals surface area contributed by atoms with Crippen molar-refractivity contribution in [2.75, 3.05) is 0 Å². The van der Waals surface area contributed by atoms with Crippen molar-refractivity contribution in [2.45, 2.75) is 11.2 Å². The third-order valence-electron chi connectivity index (χ3n) is 2.57. The maximum absolute atomic E-state index is 6.06. The smallest absolute Gasteiger partial charge is 0.0436 e. The molecule has 2 rings (SSSR count). The summed E-state index contributed by atoms with van der Waals surface area (Å²) in [7, 11) is 0. The Morgan fingerprint density at radius 3 is 2.22 bits per heavy atom. The fourth-order valence-corrected chi connectivity index (χ4v) is 3.49. The molecule has 0 aliphatic carbocycles. The molecule has 0 heterocycles. The summed E-state index contributed by atoms with van der Waals surface area (Å²) in [5.41, 5.74) is 2.47. The Kier molecular flexibility index (Phi) is 5.31. The lowest BCUT2D eigenvalue weighted by molar-refractivity contribution is 0.947. The van der Waals surface area contributed by atoms with E-state index in [1.165, 1.54) is 11.1 Å². The molecular formula is C14H10Br3Cl. The minimum Gasteiger partial charge on any atom is -0.0843 e. The van der Waals surface area contributed by atoms with E-state index in [9.17, 15) is 0 Å². The monoisotopic (exact) mass is 450 g/mol. The molecule has 4 heteroatoms. The van der Waals surface area contributed by atoms with Crippen molar-refractivity contribution >= 4 is 59.4 Å². The summed E-state index contributed by atoms with van der Waals surface area (Å²) in [5.74, 6) is 0. The SMILES string of the molecule is Clc1cc(Br)cc(C(Br)Cc2ccc(Br)cc2)c1. The molecule has 1 unspecified atom stereocenters. The summed E-state index contributed by atoms with van der Waals surface area (Å²) in [6.07, 6.45) is 0.931. The van der Waals surface area contributed by atoms with Crippen LogP contribution in [0.2, 0.25) is 5.02 Å². The van der Waals surface area contributed by atoms with Crippen LogP contribution in [0.3, 0.4) is 0 Å². The van der Waals surface area contributed by atoms with Crippen LogP contribution in [0, 0.1) is 0 Å². The molecule has 0 aliphatic rings. The first-order valence-corrected chi connectivity index (χ1v) is 8.27. The molecule has 0 nitrogen and oxygen atoms in total. The lowest BCUT2D eigenvalue weighted by Crippen LogP contribution is -1.95. The molecule has 0 aliphatic heterocycles. The second kappa shape index (κ2) is 6.56. The summed E-state index contributed by atoms with van der Waals surface area (Å²) in [4.78, 5) is 0.258. The van der Waals surface area contributed by atoms with Crippen LogP contribution in [0.25, 0.3) is 0 Å². The number of benzene rings is 2. The molecule has 0 fully saturated rings. The number of hydrogen-bond donors (Lipinski definition) is 0. The molecule has 0 N–H and O–H groups in total. The summed E-state index contributed by atoms with van der Waals surface area (Å²) < 4.78 is 2.10. The fraction of sp³-hybridized carbons (Fsp3) is 0.143. The van der Waals surface area contributed by atoms with E-state index in [1.54, 1.807) is 0 Å². The van der Waals surface area contributed by atoms with Crippen molar-refractivity contribution in [1.29, 1.82) is 0 Å². The van der Waals surface area contributed by atoms with Crippen LogP contribution < -0.4 is 0 Å². The van der Waals surface area contributed by atoms with E-state index < -0.39 is 0 Å². The molecule has 0 amide bonds. The van der Waals surface area contributed by atoms with Crippen molar-refractivity contribution in [3.05, 3.63) is 67.6 Å². The fourth-order valence-electron chi connectivity index (χ4n) is 1.70. The average molecular weight is 453 g/mol. The summed E-state index contributed by atoms with van der Waals surface area (Å²) in [5, 5.41) is 0.750. The average Bonchev–Trinajstić information content (AvgIpc) is 2.31. The van der Waals surface area contributed by atoms with Crippen LogP contribution in [0.15, 0.2) is 51.4 Å². The van der Waals surface area contributed by atoms with Crippen molar-refractivity contribution < 1.29 is 0 Å². The minimum absolute atomic E-state index is 0.258. The van der Waals surface area contributed by atoms with E-state index >= 15 is 0 Å². The highest BCUT2D eigenvalue weighted by atomic mass is 79.9. The molecular weight excluding hydrogens is 443 g/mol. The zero-order valence-corrected chi connectivity index (χ0v) is 14.9. The van der Waals surface area contributed by atoms with Gasteiger partial charge in [-0.25, -0.2) is 0 Å². The highest BCUT2D eigenvalue weighted by molar-refractivity contribution is 9.10. The lowest BCUT2D eigenvalue weighted by atomic mass is 10.0. The molecule has 94 valence electrons. The van der Waals surface area contributed by atoms with Gasteiger partial charge in [0.05, 0.1) is 0 Å². The molecule has 0 saturated carbocycles. The number of halogens is 4. The standard InChI is InChI=1S/C14H10Br3Cl/c15-11-3-1-9(2-4-11)5-14(17)10-6-12(16)8-13(18)7-10/h1-4,6-8,14H,5H2. The van der Waals surface area contributed by atoms with Crippen LogP contribution in [0.5, 0.6) is 0 Å². The Balaban J connectivity index is 2.16. The maximum atomic E-state index is 6.06. The predicted octanol–water partition coefficient (Wildman–Crippen LogP) is 6.54. The van der Waals surface area contributed by atoms with E-state index in [1.807, 2.05) is 12.1 Å². The van der Waals surface area contributed by atoms with Crippen molar-refractivity contribution in [3.8, 4) is 0 Å². The molecule has 0 aromatic heterocycles. The second-order valence-electron chi connectivity index (χ2n) is 4.00. The molecule has 18 heavy (non-hydrogen) atoms. The van der Waals surface area contributed by atoms with Gasteiger partial charge in [-0.15, -0.1) is 0 Å². The molecule has 0 saturated heterocycles. The zero-order chi connectivity index (χ0) is 13.1. The van der Waals surface area contributed by atoms with Gasteiger partial charge in [0, 0.05) is 18.8 Å². The molecule has 0 bridgehead atoms. The van der Waals surface area contributed by atoms with Crippen LogP contribution in [-0.4, -0.2) is 0 Å². The summed E-state index contributed by atoms with van der Waals surface area (Å²) in [6.45, 7) is 0. The van der Waals surface area contributed by atoms with E-state index in [4.69, 9.17) is 11.6 Å². The number of rotatable bonds is 3.